The topological polar surface area (TPSA) is 195 Å². The number of hydrogen-bond donors (Lipinski definition) is 5. The highest BCUT2D eigenvalue weighted by atomic mass is 32.2. The quantitative estimate of drug-likeness (QED) is 0.151. The number of rotatable bonds is 12. The van der Waals surface area contributed by atoms with Crippen molar-refractivity contribution >= 4 is 33.9 Å². The van der Waals surface area contributed by atoms with Crippen LogP contribution >= 0.6 is 0 Å². The SMILES string of the molecule is Cc1ccc(S(=O)(=O)NC(CCCN=C(N)NC(=O)OCc2ccccc2)C(=O)NCC(N)=O)cc1. The molecular formula is C23H30N6O6S. The molecule has 0 aliphatic carbocycles. The van der Waals surface area contributed by atoms with Crippen LogP contribution in [0.25, 0.3) is 0 Å². The van der Waals surface area contributed by atoms with Gasteiger partial charge in [0.15, 0.2) is 5.96 Å². The maximum atomic E-state index is 12.7. The largest absolute Gasteiger partial charge is 0.444 e. The second-order valence-corrected chi connectivity index (χ2v) is 9.48. The van der Waals surface area contributed by atoms with E-state index in [1.54, 1.807) is 24.3 Å². The fourth-order valence-corrected chi connectivity index (χ4v) is 4.14. The average Bonchev–Trinajstić information content (AvgIpc) is 2.84. The maximum Gasteiger partial charge on any atom is 0.414 e. The van der Waals surface area contributed by atoms with E-state index in [9.17, 15) is 22.8 Å². The molecule has 2 rings (SSSR count). The molecule has 0 radical (unpaired) electrons. The number of amides is 3. The van der Waals surface area contributed by atoms with Gasteiger partial charge in [0.2, 0.25) is 21.8 Å². The minimum absolute atomic E-state index is 0.0127. The summed E-state index contributed by atoms with van der Waals surface area (Å²) >= 11 is 0. The highest BCUT2D eigenvalue weighted by molar-refractivity contribution is 7.89. The number of carbonyl (C=O) groups excluding carboxylic acids is 3. The molecule has 194 valence electrons. The van der Waals surface area contributed by atoms with Gasteiger partial charge in [-0.3, -0.25) is 19.9 Å². The molecule has 0 saturated carbocycles. The summed E-state index contributed by atoms with van der Waals surface area (Å²) in [6.07, 6.45) is -0.521. The Kier molecular flexibility index (Phi) is 10.8. The fraction of sp³-hybridized carbons (Fsp3) is 0.304. The van der Waals surface area contributed by atoms with Crippen LogP contribution in [0.2, 0.25) is 0 Å². The van der Waals surface area contributed by atoms with Gasteiger partial charge in [0, 0.05) is 6.54 Å². The molecule has 0 spiro atoms. The summed E-state index contributed by atoms with van der Waals surface area (Å²) in [7, 11) is -4.02. The number of benzene rings is 2. The first-order valence-corrected chi connectivity index (χ1v) is 12.5. The molecule has 1 atom stereocenters. The first-order chi connectivity index (χ1) is 17.1. The number of nitrogens with zero attached hydrogens (tertiary/aromatic N) is 1. The second-order valence-electron chi connectivity index (χ2n) is 7.77. The average molecular weight is 519 g/mol. The standard InChI is InChI=1S/C23H30N6O6S/c1-16-9-11-18(12-10-16)36(33,34)29-19(21(31)27-14-20(24)30)8-5-13-26-22(25)28-23(32)35-15-17-6-3-2-4-7-17/h2-4,6-7,9-12,19,29H,5,8,13-15H2,1H3,(H2,24,30)(H,27,31)(H3,25,26,28,32). The molecule has 0 saturated heterocycles. The van der Waals surface area contributed by atoms with E-state index in [0.717, 1.165) is 11.1 Å². The van der Waals surface area contributed by atoms with Crippen molar-refractivity contribution in [3.05, 3.63) is 65.7 Å². The molecule has 12 nitrogen and oxygen atoms in total. The molecular weight excluding hydrogens is 488 g/mol. The molecule has 2 aromatic carbocycles. The molecule has 3 amide bonds. The Hall–Kier alpha value is -3.97. The molecule has 0 aliphatic rings. The van der Waals surface area contributed by atoms with Crippen molar-refractivity contribution in [1.29, 1.82) is 0 Å². The van der Waals surface area contributed by atoms with Crippen LogP contribution in [0.3, 0.4) is 0 Å². The van der Waals surface area contributed by atoms with Gasteiger partial charge in [0.1, 0.15) is 12.6 Å². The predicted molar refractivity (Wildman–Crippen MR) is 133 cm³/mol. The zero-order chi connectivity index (χ0) is 26.6. The van der Waals surface area contributed by atoms with Crippen LogP contribution < -0.4 is 26.8 Å². The highest BCUT2D eigenvalue weighted by Gasteiger charge is 2.25. The summed E-state index contributed by atoms with van der Waals surface area (Å²) in [4.78, 5) is 39.3. The van der Waals surface area contributed by atoms with E-state index in [2.05, 4.69) is 20.3 Å². The molecule has 2 aromatic rings. The van der Waals surface area contributed by atoms with E-state index in [-0.39, 0.29) is 36.8 Å². The van der Waals surface area contributed by atoms with Gasteiger partial charge >= 0.3 is 6.09 Å². The fourth-order valence-electron chi connectivity index (χ4n) is 2.91. The van der Waals surface area contributed by atoms with E-state index >= 15 is 0 Å². The molecule has 0 aromatic heterocycles. The van der Waals surface area contributed by atoms with Gasteiger partial charge in [0.25, 0.3) is 0 Å². The number of nitrogens with one attached hydrogen (secondary N) is 3. The van der Waals surface area contributed by atoms with Crippen molar-refractivity contribution in [2.45, 2.75) is 37.3 Å². The number of carbonyl (C=O) groups is 3. The lowest BCUT2D eigenvalue weighted by atomic mass is 10.1. The van der Waals surface area contributed by atoms with E-state index in [1.807, 2.05) is 25.1 Å². The maximum absolute atomic E-state index is 12.7. The lowest BCUT2D eigenvalue weighted by Gasteiger charge is -2.18. The van der Waals surface area contributed by atoms with Crippen molar-refractivity contribution in [3.63, 3.8) is 0 Å². The van der Waals surface area contributed by atoms with Gasteiger partial charge in [-0.2, -0.15) is 4.72 Å². The zero-order valence-corrected chi connectivity index (χ0v) is 20.6. The summed E-state index contributed by atoms with van der Waals surface area (Å²) in [6, 6.07) is 14.0. The number of alkyl carbamates (subject to hydrolysis) is 1. The van der Waals surface area contributed by atoms with Crippen LogP contribution in [0, 0.1) is 6.92 Å². The summed E-state index contributed by atoms with van der Waals surface area (Å²) in [6.45, 7) is 1.51. The third-order valence-corrected chi connectivity index (χ3v) is 6.25. The molecule has 0 bridgehead atoms. The number of nitrogens with two attached hydrogens (primary N) is 2. The number of guanidine groups is 1. The molecule has 7 N–H and O–H groups in total. The Labute approximate surface area is 209 Å². The number of ether oxygens (including phenoxy) is 1. The Balaban J connectivity index is 1.91. The normalized spacial score (nSPS) is 12.4. The van der Waals surface area contributed by atoms with Crippen molar-refractivity contribution in [2.75, 3.05) is 13.1 Å². The third-order valence-electron chi connectivity index (χ3n) is 4.76. The van der Waals surface area contributed by atoms with E-state index in [0.29, 0.717) is 0 Å². The predicted octanol–water partition coefficient (Wildman–Crippen LogP) is 0.265. The summed E-state index contributed by atoms with van der Waals surface area (Å²) in [5.74, 6) is -1.68. The van der Waals surface area contributed by atoms with Crippen LogP contribution in [0.4, 0.5) is 4.79 Å². The number of sulfonamides is 1. The highest BCUT2D eigenvalue weighted by Crippen LogP contribution is 2.12. The minimum atomic E-state index is -4.02. The minimum Gasteiger partial charge on any atom is -0.444 e. The molecule has 1 unspecified atom stereocenters. The smallest absolute Gasteiger partial charge is 0.414 e. The Bertz CT molecular complexity index is 1170. The van der Waals surface area contributed by atoms with Gasteiger partial charge < -0.3 is 21.5 Å². The molecule has 0 aliphatic heterocycles. The van der Waals surface area contributed by atoms with Gasteiger partial charge in [-0.05, 0) is 37.5 Å². The second kappa shape index (κ2) is 13.8. The van der Waals surface area contributed by atoms with Crippen LogP contribution in [-0.2, 0) is 31.0 Å². The first kappa shape index (κ1) is 28.3. The first-order valence-electron chi connectivity index (χ1n) is 11.0. The molecule has 0 heterocycles. The monoisotopic (exact) mass is 518 g/mol. The molecule has 0 fully saturated rings. The van der Waals surface area contributed by atoms with E-state index < -0.39 is 40.5 Å². The summed E-state index contributed by atoms with van der Waals surface area (Å²) in [5.41, 5.74) is 12.4. The molecule has 13 heteroatoms. The molecule has 36 heavy (non-hydrogen) atoms. The summed E-state index contributed by atoms with van der Waals surface area (Å²) < 4.78 is 32.9. The lowest BCUT2D eigenvalue weighted by molar-refractivity contribution is -0.126. The van der Waals surface area contributed by atoms with Gasteiger partial charge in [-0.15, -0.1) is 0 Å². The van der Waals surface area contributed by atoms with Crippen LogP contribution in [0.1, 0.15) is 24.0 Å². The number of aliphatic imine (C=N–C) groups is 1. The lowest BCUT2D eigenvalue weighted by Crippen LogP contribution is -2.48. The van der Waals surface area contributed by atoms with Gasteiger partial charge in [0.05, 0.1) is 11.4 Å². The summed E-state index contributed by atoms with van der Waals surface area (Å²) in [5, 5.41) is 4.58. The number of primary amides is 1. The Morgan fingerprint density at radius 2 is 1.69 bits per heavy atom. The van der Waals surface area contributed by atoms with Crippen LogP contribution in [0.5, 0.6) is 0 Å². The van der Waals surface area contributed by atoms with Gasteiger partial charge in [-0.25, -0.2) is 13.2 Å². The van der Waals surface area contributed by atoms with Crippen LogP contribution in [0.15, 0.2) is 64.5 Å². The van der Waals surface area contributed by atoms with Crippen molar-refractivity contribution in [3.8, 4) is 0 Å². The van der Waals surface area contributed by atoms with Gasteiger partial charge in [-0.1, -0.05) is 48.0 Å². The number of aryl methyl sites for hydroxylation is 1. The zero-order valence-electron chi connectivity index (χ0n) is 19.8. The van der Waals surface area contributed by atoms with Crippen LogP contribution in [-0.4, -0.2) is 51.4 Å². The number of hydrogen-bond acceptors (Lipinski definition) is 7. The van der Waals surface area contributed by atoms with E-state index in [1.165, 1.54) is 12.1 Å². The van der Waals surface area contributed by atoms with Crippen molar-refractivity contribution < 1.29 is 27.5 Å². The van der Waals surface area contributed by atoms with Crippen molar-refractivity contribution in [2.24, 2.45) is 16.5 Å². The Morgan fingerprint density at radius 1 is 1.03 bits per heavy atom. The van der Waals surface area contributed by atoms with E-state index in [4.69, 9.17) is 16.2 Å². The Morgan fingerprint density at radius 3 is 2.33 bits per heavy atom. The van der Waals surface area contributed by atoms with Crippen molar-refractivity contribution in [1.82, 2.24) is 15.4 Å². The third kappa shape index (κ3) is 10.1.